The Morgan fingerprint density at radius 1 is 1.05 bits per heavy atom. The summed E-state index contributed by atoms with van der Waals surface area (Å²) in [4.78, 5) is 0.739. The summed E-state index contributed by atoms with van der Waals surface area (Å²) >= 11 is 0. The van der Waals surface area contributed by atoms with Crippen molar-refractivity contribution in [1.29, 1.82) is 0 Å². The summed E-state index contributed by atoms with van der Waals surface area (Å²) in [6.07, 6.45) is 1.63. The molecule has 0 rings (SSSR count). The van der Waals surface area contributed by atoms with Gasteiger partial charge in [0, 0.05) is 0 Å². The van der Waals surface area contributed by atoms with Gasteiger partial charge >= 0.3 is 7.60 Å². The second kappa shape index (κ2) is 7.78. The number of hydrogen-bond acceptors (Lipinski definition) is 4. The molecule has 6 heteroatoms. The lowest BCUT2D eigenvalue weighted by Crippen LogP contribution is -2.40. The molecule has 0 heterocycles. The largest absolute Gasteiger partial charge is 0.501 e. The van der Waals surface area contributed by atoms with E-state index < -0.39 is 15.7 Å². The molecular formula is C14H31O4PSi. The molecule has 0 bridgehead atoms. The Hall–Kier alpha value is -0.0931. The van der Waals surface area contributed by atoms with Crippen LogP contribution in [0.3, 0.4) is 0 Å². The summed E-state index contributed by atoms with van der Waals surface area (Å²) in [5.41, 5.74) is 0. The fourth-order valence-electron chi connectivity index (χ4n) is 1.62. The Bertz CT molecular complexity index is 362. The number of ether oxygens (including phenoxy) is 1. The minimum Gasteiger partial charge on any atom is -0.501 e. The molecular weight excluding hydrogens is 291 g/mol. The first-order valence-corrected chi connectivity index (χ1v) is 11.8. The molecule has 0 saturated carbocycles. The lowest BCUT2D eigenvalue weighted by Gasteiger charge is -2.40. The third kappa shape index (κ3) is 4.73. The van der Waals surface area contributed by atoms with Crippen molar-refractivity contribution in [2.24, 2.45) is 0 Å². The molecule has 0 aliphatic heterocycles. The van der Waals surface area contributed by atoms with E-state index >= 15 is 0 Å². The van der Waals surface area contributed by atoms with Crippen molar-refractivity contribution in [3.05, 3.63) is 11.2 Å². The lowest BCUT2D eigenvalue weighted by molar-refractivity contribution is 0.223. The molecule has 0 amide bonds. The molecule has 0 aliphatic carbocycles. The highest BCUT2D eigenvalue weighted by Crippen LogP contribution is 2.62. The molecule has 0 spiro atoms. The minimum absolute atomic E-state index is 0.0276. The average Bonchev–Trinajstić information content (AvgIpc) is 2.28. The third-order valence-electron chi connectivity index (χ3n) is 3.77. The SMILES string of the molecule is CCO/C=C(\[Si](C)(C)C(C)(C)C)P(=O)(OCC)OCC. The molecule has 0 unspecified atom stereocenters. The van der Waals surface area contributed by atoms with Crippen molar-refractivity contribution >= 4 is 15.7 Å². The van der Waals surface area contributed by atoms with Crippen molar-refractivity contribution in [1.82, 2.24) is 0 Å². The monoisotopic (exact) mass is 322 g/mol. The second-order valence-electron chi connectivity index (χ2n) is 6.17. The quantitative estimate of drug-likeness (QED) is 0.351. The maximum atomic E-state index is 13.2. The van der Waals surface area contributed by atoms with Crippen molar-refractivity contribution in [3.8, 4) is 0 Å². The van der Waals surface area contributed by atoms with Gasteiger partial charge in [-0.1, -0.05) is 33.9 Å². The lowest BCUT2D eigenvalue weighted by atomic mass is 10.2. The molecule has 0 atom stereocenters. The van der Waals surface area contributed by atoms with Gasteiger partial charge in [0.25, 0.3) is 0 Å². The van der Waals surface area contributed by atoms with Gasteiger partial charge < -0.3 is 13.8 Å². The van der Waals surface area contributed by atoms with Crippen LogP contribution >= 0.6 is 7.60 Å². The van der Waals surface area contributed by atoms with Gasteiger partial charge in [0.2, 0.25) is 0 Å². The Balaban J connectivity index is 5.84. The predicted molar refractivity (Wildman–Crippen MR) is 87.8 cm³/mol. The minimum atomic E-state index is -3.28. The number of hydrogen-bond donors (Lipinski definition) is 0. The van der Waals surface area contributed by atoms with Crippen LogP contribution in [-0.2, 0) is 18.3 Å². The molecule has 0 aromatic rings. The van der Waals surface area contributed by atoms with E-state index in [1.807, 2.05) is 20.8 Å². The first-order chi connectivity index (χ1) is 9.06. The van der Waals surface area contributed by atoms with E-state index in [9.17, 15) is 4.57 Å². The highest BCUT2D eigenvalue weighted by molar-refractivity contribution is 7.63. The number of rotatable bonds is 8. The van der Waals surface area contributed by atoms with Gasteiger partial charge in [-0.15, -0.1) is 0 Å². The van der Waals surface area contributed by atoms with Crippen molar-refractivity contribution in [2.45, 2.75) is 59.7 Å². The molecule has 0 saturated heterocycles. The maximum absolute atomic E-state index is 13.2. The normalized spacial score (nSPS) is 14.5. The van der Waals surface area contributed by atoms with Gasteiger partial charge in [-0.25, -0.2) is 0 Å². The van der Waals surface area contributed by atoms with Crippen molar-refractivity contribution < 1.29 is 18.3 Å². The van der Waals surface area contributed by atoms with Crippen LogP contribution in [0.5, 0.6) is 0 Å². The van der Waals surface area contributed by atoms with Gasteiger partial charge in [0.05, 0.1) is 31.0 Å². The summed E-state index contributed by atoms with van der Waals surface area (Å²) in [5, 5.41) is 0.0276. The topological polar surface area (TPSA) is 44.8 Å². The second-order valence-corrected chi connectivity index (χ2v) is 13.9. The molecule has 0 radical (unpaired) electrons. The fourth-order valence-corrected chi connectivity index (χ4v) is 8.13. The molecule has 0 fully saturated rings. The standard InChI is InChI=1S/C14H31O4PSi/c1-9-16-12-13(20(7,8)14(4,5)6)19(15,17-10-2)18-11-3/h12H,9-11H2,1-8H3/b13-12-. The molecule has 0 aromatic heterocycles. The van der Waals surface area contributed by atoms with Crippen LogP contribution in [0, 0.1) is 0 Å². The van der Waals surface area contributed by atoms with Gasteiger partial charge in [-0.05, 0) is 25.8 Å². The van der Waals surface area contributed by atoms with E-state index in [-0.39, 0.29) is 5.04 Å². The Morgan fingerprint density at radius 2 is 1.50 bits per heavy atom. The third-order valence-corrected chi connectivity index (χ3v) is 13.3. The first-order valence-electron chi connectivity index (χ1n) is 7.28. The molecule has 120 valence electrons. The van der Waals surface area contributed by atoms with Crippen molar-refractivity contribution in [2.75, 3.05) is 19.8 Å². The van der Waals surface area contributed by atoms with Crippen LogP contribution in [0.1, 0.15) is 41.5 Å². The summed E-state index contributed by atoms with van der Waals surface area (Å²) in [5.74, 6) is 0. The predicted octanol–water partition coefficient (Wildman–Crippen LogP) is 5.18. The van der Waals surface area contributed by atoms with Gasteiger partial charge in [0.1, 0.15) is 8.07 Å². The highest BCUT2D eigenvalue weighted by Gasteiger charge is 2.48. The van der Waals surface area contributed by atoms with E-state index in [4.69, 9.17) is 13.8 Å². The summed E-state index contributed by atoms with van der Waals surface area (Å²) in [6.45, 7) is 17.7. The zero-order chi connectivity index (χ0) is 16.0. The van der Waals surface area contributed by atoms with E-state index in [0.29, 0.717) is 19.8 Å². The first kappa shape index (κ1) is 19.9. The van der Waals surface area contributed by atoms with Gasteiger partial charge in [-0.2, -0.15) is 0 Å². The highest BCUT2D eigenvalue weighted by atomic mass is 31.2. The average molecular weight is 322 g/mol. The maximum Gasteiger partial charge on any atom is 0.356 e. The zero-order valence-corrected chi connectivity index (χ0v) is 16.2. The summed E-state index contributed by atoms with van der Waals surface area (Å²) < 4.78 is 29.7. The van der Waals surface area contributed by atoms with E-state index in [2.05, 4.69) is 33.9 Å². The van der Waals surface area contributed by atoms with Crippen LogP contribution < -0.4 is 0 Å². The van der Waals surface area contributed by atoms with E-state index in [1.165, 1.54) is 0 Å². The molecule has 20 heavy (non-hydrogen) atoms. The van der Waals surface area contributed by atoms with Gasteiger partial charge in [-0.3, -0.25) is 4.57 Å². The van der Waals surface area contributed by atoms with Crippen LogP contribution in [0.15, 0.2) is 11.2 Å². The van der Waals surface area contributed by atoms with Crippen LogP contribution in [0.2, 0.25) is 18.1 Å². The van der Waals surface area contributed by atoms with Crippen molar-refractivity contribution in [3.63, 3.8) is 0 Å². The molecule has 0 aromatic carbocycles. The van der Waals surface area contributed by atoms with Gasteiger partial charge in [0.15, 0.2) is 0 Å². The zero-order valence-electron chi connectivity index (χ0n) is 14.3. The summed E-state index contributed by atoms with van der Waals surface area (Å²) in [6, 6.07) is 0. The van der Waals surface area contributed by atoms with Crippen LogP contribution in [0.25, 0.3) is 0 Å². The molecule has 0 aliphatic rings. The van der Waals surface area contributed by atoms with E-state index in [0.717, 1.165) is 4.94 Å². The van der Waals surface area contributed by atoms with Crippen LogP contribution in [0.4, 0.5) is 0 Å². The Kier molecular flexibility index (Phi) is 7.75. The Labute approximate surface area is 125 Å². The fraction of sp³-hybridized carbons (Fsp3) is 0.857. The van der Waals surface area contributed by atoms with Crippen LogP contribution in [-0.4, -0.2) is 27.9 Å². The Morgan fingerprint density at radius 3 is 1.80 bits per heavy atom. The molecule has 0 N–H and O–H groups in total. The summed E-state index contributed by atoms with van der Waals surface area (Å²) in [7, 11) is -5.34. The smallest absolute Gasteiger partial charge is 0.356 e. The molecule has 4 nitrogen and oxygen atoms in total. The van der Waals surface area contributed by atoms with E-state index in [1.54, 1.807) is 6.26 Å².